The number of aromatic nitrogens is 2. The normalized spacial score (nSPS) is 10.5. The van der Waals surface area contributed by atoms with E-state index in [0.29, 0.717) is 11.3 Å². The number of ether oxygens (including phenoxy) is 1. The van der Waals surface area contributed by atoms with Crippen molar-refractivity contribution in [2.45, 2.75) is 6.61 Å². The van der Waals surface area contributed by atoms with Gasteiger partial charge in [0.25, 0.3) is 0 Å². The third-order valence-electron chi connectivity index (χ3n) is 2.05. The summed E-state index contributed by atoms with van der Waals surface area (Å²) in [5, 5.41) is 0. The minimum atomic E-state index is -2.88. The molecule has 0 aliphatic carbocycles. The predicted molar refractivity (Wildman–Crippen MR) is 58.5 cm³/mol. The van der Waals surface area contributed by atoms with E-state index in [9.17, 15) is 8.78 Å². The van der Waals surface area contributed by atoms with Crippen LogP contribution in [0.4, 0.5) is 14.7 Å². The van der Waals surface area contributed by atoms with E-state index in [0.717, 1.165) is 0 Å². The van der Waals surface area contributed by atoms with E-state index in [1.807, 2.05) is 0 Å². The quantitative estimate of drug-likeness (QED) is 0.889. The van der Waals surface area contributed by atoms with E-state index >= 15 is 0 Å². The Balaban J connectivity index is 2.44. The number of alkyl halides is 2. The number of para-hydroxylation sites is 1. The lowest BCUT2D eigenvalue weighted by Gasteiger charge is -2.09. The van der Waals surface area contributed by atoms with Crippen LogP contribution < -0.4 is 10.5 Å². The number of hydrogen-bond acceptors (Lipinski definition) is 4. The molecular formula is C11H9F2N3O. The van der Waals surface area contributed by atoms with Gasteiger partial charge >= 0.3 is 6.61 Å². The highest BCUT2D eigenvalue weighted by Crippen LogP contribution is 2.29. The number of nitrogens with zero attached hydrogens (tertiary/aromatic N) is 2. The molecule has 0 amide bonds. The molecule has 17 heavy (non-hydrogen) atoms. The first-order valence-corrected chi connectivity index (χ1v) is 4.79. The highest BCUT2D eigenvalue weighted by Gasteiger charge is 2.11. The molecule has 0 spiro atoms. The molecule has 88 valence electrons. The standard InChI is InChI=1S/C11H9F2N3O/c12-10(13)17-9-4-2-1-3-7(9)8-5-6-15-11(14)16-8/h1-6,10H,(H2,14,15,16). The lowest BCUT2D eigenvalue weighted by atomic mass is 10.1. The first-order valence-electron chi connectivity index (χ1n) is 4.79. The Morgan fingerprint density at radius 1 is 1.18 bits per heavy atom. The molecule has 2 rings (SSSR count). The van der Waals surface area contributed by atoms with Crippen molar-refractivity contribution in [3.8, 4) is 17.0 Å². The molecule has 0 atom stereocenters. The van der Waals surface area contributed by atoms with E-state index in [-0.39, 0.29) is 11.7 Å². The van der Waals surface area contributed by atoms with Crippen LogP contribution in [-0.2, 0) is 0 Å². The maximum Gasteiger partial charge on any atom is 0.387 e. The van der Waals surface area contributed by atoms with Crippen molar-refractivity contribution in [3.63, 3.8) is 0 Å². The van der Waals surface area contributed by atoms with E-state index in [4.69, 9.17) is 5.73 Å². The van der Waals surface area contributed by atoms with Crippen molar-refractivity contribution < 1.29 is 13.5 Å². The molecule has 0 fully saturated rings. The van der Waals surface area contributed by atoms with Crippen LogP contribution in [0.3, 0.4) is 0 Å². The SMILES string of the molecule is Nc1nccc(-c2ccccc2OC(F)F)n1. The average molecular weight is 237 g/mol. The number of benzene rings is 1. The Hall–Kier alpha value is -2.24. The van der Waals surface area contributed by atoms with Crippen molar-refractivity contribution >= 4 is 5.95 Å². The summed E-state index contributed by atoms with van der Waals surface area (Å²) in [6, 6.07) is 7.95. The Kier molecular flexibility index (Phi) is 3.13. The lowest BCUT2D eigenvalue weighted by molar-refractivity contribution is -0.0494. The topological polar surface area (TPSA) is 61.0 Å². The molecule has 1 aromatic heterocycles. The Morgan fingerprint density at radius 3 is 2.65 bits per heavy atom. The van der Waals surface area contributed by atoms with Crippen LogP contribution >= 0.6 is 0 Å². The first-order chi connectivity index (χ1) is 8.16. The van der Waals surface area contributed by atoms with Crippen LogP contribution in [0, 0.1) is 0 Å². The predicted octanol–water partition coefficient (Wildman–Crippen LogP) is 2.33. The molecule has 4 nitrogen and oxygen atoms in total. The minimum absolute atomic E-state index is 0.0561. The van der Waals surface area contributed by atoms with Crippen LogP contribution in [0.2, 0.25) is 0 Å². The van der Waals surface area contributed by atoms with Gasteiger partial charge in [-0.15, -0.1) is 0 Å². The fourth-order valence-corrected chi connectivity index (χ4v) is 1.40. The Morgan fingerprint density at radius 2 is 1.94 bits per heavy atom. The summed E-state index contributed by atoms with van der Waals surface area (Å²) in [5.41, 5.74) is 6.32. The van der Waals surface area contributed by atoms with Crippen LogP contribution in [0.1, 0.15) is 0 Å². The number of nitrogens with two attached hydrogens (primary N) is 1. The van der Waals surface area contributed by atoms with Gasteiger partial charge in [-0.1, -0.05) is 12.1 Å². The fraction of sp³-hybridized carbons (Fsp3) is 0.0909. The third kappa shape index (κ3) is 2.66. The van der Waals surface area contributed by atoms with Crippen LogP contribution in [0.5, 0.6) is 5.75 Å². The molecule has 1 heterocycles. The Labute approximate surface area is 96.1 Å². The van der Waals surface area contributed by atoms with E-state index in [2.05, 4.69) is 14.7 Å². The summed E-state index contributed by atoms with van der Waals surface area (Å²) in [5.74, 6) is 0.134. The van der Waals surface area contributed by atoms with Gasteiger partial charge in [-0.05, 0) is 18.2 Å². The van der Waals surface area contributed by atoms with Crippen LogP contribution in [0.25, 0.3) is 11.3 Å². The summed E-state index contributed by atoms with van der Waals surface area (Å²) < 4.78 is 28.8. The fourth-order valence-electron chi connectivity index (χ4n) is 1.40. The van der Waals surface area contributed by atoms with Crippen molar-refractivity contribution in [2.24, 2.45) is 0 Å². The molecule has 0 unspecified atom stereocenters. The zero-order valence-electron chi connectivity index (χ0n) is 8.68. The van der Waals surface area contributed by atoms with Gasteiger partial charge in [0.05, 0.1) is 5.69 Å². The maximum atomic E-state index is 12.2. The molecule has 0 saturated heterocycles. The molecular weight excluding hydrogens is 228 g/mol. The zero-order valence-corrected chi connectivity index (χ0v) is 8.68. The molecule has 6 heteroatoms. The van der Waals surface area contributed by atoms with Gasteiger partial charge in [0.15, 0.2) is 0 Å². The zero-order chi connectivity index (χ0) is 12.3. The average Bonchev–Trinajstić information content (AvgIpc) is 2.29. The van der Waals surface area contributed by atoms with Gasteiger partial charge in [-0.25, -0.2) is 9.97 Å². The molecule has 0 aliphatic rings. The first kappa shape index (κ1) is 11.3. The molecule has 0 aliphatic heterocycles. The summed E-state index contributed by atoms with van der Waals surface area (Å²) in [4.78, 5) is 7.69. The van der Waals surface area contributed by atoms with Crippen molar-refractivity contribution in [3.05, 3.63) is 36.5 Å². The summed E-state index contributed by atoms with van der Waals surface area (Å²) >= 11 is 0. The number of hydrogen-bond donors (Lipinski definition) is 1. The maximum absolute atomic E-state index is 12.2. The molecule has 1 aromatic carbocycles. The molecule has 0 radical (unpaired) electrons. The highest BCUT2D eigenvalue weighted by atomic mass is 19.3. The second-order valence-corrected chi connectivity index (χ2v) is 3.17. The second kappa shape index (κ2) is 4.73. The van der Waals surface area contributed by atoms with Crippen LogP contribution in [-0.4, -0.2) is 16.6 Å². The number of halogens is 2. The van der Waals surface area contributed by atoms with Crippen molar-refractivity contribution in [1.29, 1.82) is 0 Å². The number of nitrogen functional groups attached to an aromatic ring is 1. The van der Waals surface area contributed by atoms with Gasteiger partial charge in [0, 0.05) is 11.8 Å². The van der Waals surface area contributed by atoms with Crippen molar-refractivity contribution in [1.82, 2.24) is 9.97 Å². The monoisotopic (exact) mass is 237 g/mol. The summed E-state index contributed by atoms with van der Waals surface area (Å²) in [6.07, 6.45) is 1.46. The second-order valence-electron chi connectivity index (χ2n) is 3.17. The molecule has 2 N–H and O–H groups in total. The smallest absolute Gasteiger partial charge is 0.387 e. The van der Waals surface area contributed by atoms with Gasteiger partial charge in [-0.2, -0.15) is 8.78 Å². The third-order valence-corrected chi connectivity index (χ3v) is 2.05. The molecule has 0 saturated carbocycles. The van der Waals surface area contributed by atoms with E-state index < -0.39 is 6.61 Å². The van der Waals surface area contributed by atoms with Crippen LogP contribution in [0.15, 0.2) is 36.5 Å². The van der Waals surface area contributed by atoms with Crippen molar-refractivity contribution in [2.75, 3.05) is 5.73 Å². The summed E-state index contributed by atoms with van der Waals surface area (Å²) in [7, 11) is 0. The minimum Gasteiger partial charge on any atom is -0.434 e. The van der Waals surface area contributed by atoms with Gasteiger partial charge in [0.2, 0.25) is 5.95 Å². The lowest BCUT2D eigenvalue weighted by Crippen LogP contribution is -2.03. The Bertz CT molecular complexity index is 520. The van der Waals surface area contributed by atoms with E-state index in [1.54, 1.807) is 24.3 Å². The number of anilines is 1. The van der Waals surface area contributed by atoms with Gasteiger partial charge < -0.3 is 10.5 Å². The molecule has 2 aromatic rings. The van der Waals surface area contributed by atoms with Gasteiger partial charge in [-0.3, -0.25) is 0 Å². The largest absolute Gasteiger partial charge is 0.434 e. The van der Waals surface area contributed by atoms with Gasteiger partial charge in [0.1, 0.15) is 5.75 Å². The number of rotatable bonds is 3. The highest BCUT2D eigenvalue weighted by molar-refractivity contribution is 5.67. The van der Waals surface area contributed by atoms with E-state index in [1.165, 1.54) is 12.3 Å². The summed E-state index contributed by atoms with van der Waals surface area (Å²) in [6.45, 7) is -2.88. The molecule has 0 bridgehead atoms.